The maximum Gasteiger partial charge on any atom is 0.0642 e. The molecule has 0 spiro atoms. The Morgan fingerprint density at radius 1 is 1.23 bits per heavy atom. The summed E-state index contributed by atoms with van der Waals surface area (Å²) in [6, 6.07) is 0. The number of hydrogen-bond acceptors (Lipinski definition) is 3. The van der Waals surface area contributed by atoms with Gasteiger partial charge >= 0.3 is 0 Å². The number of aliphatic hydroxyl groups excluding tert-OH is 2. The zero-order valence-corrected chi connectivity index (χ0v) is 8.82. The largest absolute Gasteiger partial charge is 0.396 e. The summed E-state index contributed by atoms with van der Waals surface area (Å²) in [6.07, 6.45) is 1.14. The second kappa shape index (κ2) is 5.58. The Hall–Kier alpha value is -0.120. The topological polar surface area (TPSA) is 60.7 Å². The summed E-state index contributed by atoms with van der Waals surface area (Å²) in [6.45, 7) is 5.58. The highest BCUT2D eigenvalue weighted by atomic mass is 16.3. The Kier molecular flexibility index (Phi) is 5.53. The monoisotopic (exact) mass is 190 g/mol. The number of rotatable bonds is 6. The lowest BCUT2D eigenvalue weighted by Gasteiger charge is -2.24. The Labute approximate surface area is 80.4 Å². The third kappa shape index (κ3) is 6.02. The third-order valence-corrected chi connectivity index (χ3v) is 2.40. The van der Waals surface area contributed by atoms with E-state index >= 15 is 0 Å². The van der Waals surface area contributed by atoms with E-state index in [2.05, 4.69) is 0 Å². The summed E-state index contributed by atoms with van der Waals surface area (Å²) in [4.78, 5) is 0. The van der Waals surface area contributed by atoms with Crippen LogP contribution in [0.1, 0.15) is 40.0 Å². The second-order valence-corrected chi connectivity index (χ2v) is 4.32. The first kappa shape index (κ1) is 12.9. The van der Waals surface area contributed by atoms with E-state index in [1.165, 1.54) is 0 Å². The molecule has 80 valence electrons. The van der Waals surface area contributed by atoms with Crippen LogP contribution in [0.4, 0.5) is 0 Å². The fourth-order valence-electron chi connectivity index (χ4n) is 1.16. The van der Waals surface area contributed by atoms with Crippen LogP contribution in [0.2, 0.25) is 0 Å². The maximum atomic E-state index is 9.67. The molecule has 0 heterocycles. The molecule has 0 aromatic heterocycles. The van der Waals surface area contributed by atoms with Crippen molar-refractivity contribution in [3.63, 3.8) is 0 Å². The van der Waals surface area contributed by atoms with Gasteiger partial charge in [-0.1, -0.05) is 13.8 Å². The molecular weight excluding hydrogens is 168 g/mol. The minimum absolute atomic E-state index is 0.00915. The van der Waals surface area contributed by atoms with Gasteiger partial charge in [-0.05, 0) is 32.1 Å². The zero-order chi connectivity index (χ0) is 10.5. The minimum Gasteiger partial charge on any atom is -0.396 e. The Bertz CT molecular complexity index is 132. The van der Waals surface area contributed by atoms with E-state index in [-0.39, 0.29) is 18.6 Å². The van der Waals surface area contributed by atoms with Gasteiger partial charge in [0.15, 0.2) is 0 Å². The predicted molar refractivity (Wildman–Crippen MR) is 52.4 cm³/mol. The molecular formula is C10H22O3. The predicted octanol–water partition coefficient (Wildman–Crippen LogP) is 0.917. The molecule has 3 nitrogen and oxygen atoms in total. The highest BCUT2D eigenvalue weighted by Crippen LogP contribution is 2.19. The van der Waals surface area contributed by atoms with E-state index in [1.54, 1.807) is 6.92 Å². The highest BCUT2D eigenvalue weighted by molar-refractivity contribution is 4.74. The van der Waals surface area contributed by atoms with Crippen LogP contribution < -0.4 is 0 Å². The molecule has 3 N–H and O–H groups in total. The quantitative estimate of drug-likeness (QED) is 0.583. The summed E-state index contributed by atoms with van der Waals surface area (Å²) in [5, 5.41) is 27.8. The fourth-order valence-corrected chi connectivity index (χ4v) is 1.16. The molecule has 2 unspecified atom stereocenters. The van der Waals surface area contributed by atoms with Crippen molar-refractivity contribution in [1.82, 2.24) is 0 Å². The van der Waals surface area contributed by atoms with Crippen molar-refractivity contribution >= 4 is 0 Å². The van der Waals surface area contributed by atoms with Gasteiger partial charge in [-0.25, -0.2) is 0 Å². The van der Waals surface area contributed by atoms with Crippen molar-refractivity contribution in [2.24, 2.45) is 5.92 Å². The van der Waals surface area contributed by atoms with Crippen molar-refractivity contribution in [2.45, 2.75) is 51.7 Å². The van der Waals surface area contributed by atoms with Crippen LogP contribution in [-0.2, 0) is 0 Å². The van der Waals surface area contributed by atoms with Gasteiger partial charge in [0.1, 0.15) is 0 Å². The highest BCUT2D eigenvalue weighted by Gasteiger charge is 2.21. The summed E-state index contributed by atoms with van der Waals surface area (Å²) < 4.78 is 0. The first-order valence-electron chi connectivity index (χ1n) is 4.90. The van der Waals surface area contributed by atoms with Crippen molar-refractivity contribution in [3.8, 4) is 0 Å². The molecule has 2 atom stereocenters. The van der Waals surface area contributed by atoms with Gasteiger partial charge in [0, 0.05) is 6.61 Å². The van der Waals surface area contributed by atoms with Crippen molar-refractivity contribution in [1.29, 1.82) is 0 Å². The summed E-state index contributed by atoms with van der Waals surface area (Å²) in [7, 11) is 0. The molecule has 0 aliphatic heterocycles. The average molecular weight is 190 g/mol. The number of aliphatic hydroxyl groups is 3. The molecule has 0 rings (SSSR count). The number of hydrogen-bond donors (Lipinski definition) is 3. The molecule has 0 aromatic rings. The first-order valence-corrected chi connectivity index (χ1v) is 4.90. The maximum absolute atomic E-state index is 9.67. The molecule has 3 heteroatoms. The summed E-state index contributed by atoms with van der Waals surface area (Å²) in [5.41, 5.74) is -0.843. The van der Waals surface area contributed by atoms with E-state index in [1.807, 2.05) is 13.8 Å². The average Bonchev–Trinajstić information content (AvgIpc) is 2.00. The molecule has 0 saturated carbocycles. The molecule has 13 heavy (non-hydrogen) atoms. The van der Waals surface area contributed by atoms with Crippen molar-refractivity contribution in [2.75, 3.05) is 6.61 Å². The summed E-state index contributed by atoms with van der Waals surface area (Å²) >= 11 is 0. The fraction of sp³-hybridized carbons (Fsp3) is 1.00. The standard InChI is InChI=1S/C10H22O3/c1-8(2)9(12)4-5-10(3,13)6-7-11/h8-9,11-13H,4-7H2,1-3H3. The Morgan fingerprint density at radius 3 is 2.15 bits per heavy atom. The molecule has 0 saturated heterocycles. The smallest absolute Gasteiger partial charge is 0.0642 e. The van der Waals surface area contributed by atoms with Gasteiger partial charge in [0.2, 0.25) is 0 Å². The lowest BCUT2D eigenvalue weighted by atomic mass is 9.92. The van der Waals surface area contributed by atoms with Crippen LogP contribution in [0.5, 0.6) is 0 Å². The van der Waals surface area contributed by atoms with Crippen LogP contribution in [0.25, 0.3) is 0 Å². The van der Waals surface area contributed by atoms with E-state index in [9.17, 15) is 10.2 Å². The van der Waals surface area contributed by atoms with E-state index in [0.717, 1.165) is 0 Å². The molecule has 0 aromatic carbocycles. The lowest BCUT2D eigenvalue weighted by molar-refractivity contribution is 0.00546. The molecule has 0 fully saturated rings. The lowest BCUT2D eigenvalue weighted by Crippen LogP contribution is -2.28. The normalized spacial score (nSPS) is 18.7. The first-order chi connectivity index (χ1) is 5.89. The van der Waals surface area contributed by atoms with Crippen LogP contribution >= 0.6 is 0 Å². The van der Waals surface area contributed by atoms with Gasteiger partial charge < -0.3 is 15.3 Å². The SMILES string of the molecule is CC(C)C(O)CCC(C)(O)CCO. The second-order valence-electron chi connectivity index (χ2n) is 4.32. The van der Waals surface area contributed by atoms with Crippen LogP contribution in [0.15, 0.2) is 0 Å². The van der Waals surface area contributed by atoms with E-state index in [4.69, 9.17) is 5.11 Å². The Morgan fingerprint density at radius 2 is 1.77 bits per heavy atom. The van der Waals surface area contributed by atoms with E-state index < -0.39 is 5.60 Å². The van der Waals surface area contributed by atoms with Gasteiger partial charge in [-0.2, -0.15) is 0 Å². The molecule has 0 bridgehead atoms. The molecule has 0 radical (unpaired) electrons. The van der Waals surface area contributed by atoms with Crippen molar-refractivity contribution in [3.05, 3.63) is 0 Å². The summed E-state index contributed by atoms with van der Waals surface area (Å²) in [5.74, 6) is 0.227. The third-order valence-electron chi connectivity index (χ3n) is 2.40. The van der Waals surface area contributed by atoms with Gasteiger partial charge in [0.25, 0.3) is 0 Å². The molecule has 0 aliphatic rings. The molecule has 0 amide bonds. The van der Waals surface area contributed by atoms with Crippen LogP contribution in [0, 0.1) is 5.92 Å². The van der Waals surface area contributed by atoms with Crippen LogP contribution in [-0.4, -0.2) is 33.6 Å². The van der Waals surface area contributed by atoms with Gasteiger partial charge in [0.05, 0.1) is 11.7 Å². The van der Waals surface area contributed by atoms with E-state index in [0.29, 0.717) is 19.3 Å². The Balaban J connectivity index is 3.73. The van der Waals surface area contributed by atoms with Gasteiger partial charge in [-0.15, -0.1) is 0 Å². The molecule has 0 aliphatic carbocycles. The van der Waals surface area contributed by atoms with Crippen molar-refractivity contribution < 1.29 is 15.3 Å². The zero-order valence-electron chi connectivity index (χ0n) is 8.82. The van der Waals surface area contributed by atoms with Crippen LogP contribution in [0.3, 0.4) is 0 Å². The van der Waals surface area contributed by atoms with Gasteiger partial charge in [-0.3, -0.25) is 0 Å². The minimum atomic E-state index is -0.843.